The molecule has 0 amide bonds. The fraction of sp³-hybridized carbons (Fsp3) is 0. The number of aromatic carboxylic acids is 1. The Morgan fingerprint density at radius 2 is 2.00 bits per heavy atom. The zero-order valence-corrected chi connectivity index (χ0v) is 9.09. The number of rotatable bonds is 2. The van der Waals surface area contributed by atoms with Crippen LogP contribution >= 0.6 is 0 Å². The van der Waals surface area contributed by atoms with Crippen LogP contribution < -0.4 is 0 Å². The van der Waals surface area contributed by atoms with Crippen LogP contribution in [0.5, 0.6) is 0 Å². The molecular weight excluding hydrogens is 235 g/mol. The fourth-order valence-corrected chi connectivity index (χ4v) is 1.52. The van der Waals surface area contributed by atoms with E-state index in [-0.39, 0.29) is 22.5 Å². The molecule has 0 bridgehead atoms. The van der Waals surface area contributed by atoms with Crippen molar-refractivity contribution >= 4 is 5.97 Å². The van der Waals surface area contributed by atoms with Gasteiger partial charge in [-0.2, -0.15) is 5.26 Å². The molecule has 0 spiro atoms. The highest BCUT2D eigenvalue weighted by molar-refractivity contribution is 5.86. The molecule has 0 fully saturated rings. The molecule has 4 nitrogen and oxygen atoms in total. The first kappa shape index (κ1) is 11.7. The summed E-state index contributed by atoms with van der Waals surface area (Å²) in [6.07, 6.45) is 0. The molecule has 1 heterocycles. The number of carbonyl (C=O) groups is 1. The van der Waals surface area contributed by atoms with E-state index in [1.54, 1.807) is 6.07 Å². The molecule has 0 radical (unpaired) electrons. The second-order valence-electron chi connectivity index (χ2n) is 3.49. The van der Waals surface area contributed by atoms with E-state index in [2.05, 4.69) is 4.98 Å². The second-order valence-corrected chi connectivity index (χ2v) is 3.49. The summed E-state index contributed by atoms with van der Waals surface area (Å²) in [7, 11) is 0. The van der Waals surface area contributed by atoms with Crippen molar-refractivity contribution in [3.8, 4) is 17.3 Å². The Labute approximate surface area is 102 Å². The standard InChI is InChI=1S/C13H7FN2O2/c14-12-8(7-15)3-1-4-9(12)10-5-2-6-11(16-10)13(17)18/h1-6H,(H,17,18). The Morgan fingerprint density at radius 3 is 2.67 bits per heavy atom. The van der Waals surface area contributed by atoms with Crippen molar-refractivity contribution in [1.82, 2.24) is 4.98 Å². The maximum atomic E-state index is 13.9. The Morgan fingerprint density at radius 1 is 1.28 bits per heavy atom. The van der Waals surface area contributed by atoms with Crippen LogP contribution in [0.3, 0.4) is 0 Å². The van der Waals surface area contributed by atoms with E-state index in [4.69, 9.17) is 10.4 Å². The molecule has 88 valence electrons. The average molecular weight is 242 g/mol. The molecule has 2 aromatic rings. The quantitative estimate of drug-likeness (QED) is 0.877. The number of hydrogen-bond donors (Lipinski definition) is 1. The lowest BCUT2D eigenvalue weighted by atomic mass is 10.1. The molecule has 18 heavy (non-hydrogen) atoms. The molecule has 0 atom stereocenters. The molecular formula is C13H7FN2O2. The van der Waals surface area contributed by atoms with E-state index < -0.39 is 11.8 Å². The van der Waals surface area contributed by atoms with Crippen molar-refractivity contribution < 1.29 is 14.3 Å². The summed E-state index contributed by atoms with van der Waals surface area (Å²) in [5.74, 6) is -1.89. The maximum absolute atomic E-state index is 13.9. The molecule has 1 aromatic carbocycles. The van der Waals surface area contributed by atoms with Crippen molar-refractivity contribution in [1.29, 1.82) is 5.26 Å². The topological polar surface area (TPSA) is 74.0 Å². The Hall–Kier alpha value is -2.74. The monoisotopic (exact) mass is 242 g/mol. The van der Waals surface area contributed by atoms with Crippen LogP contribution in [-0.2, 0) is 0 Å². The third kappa shape index (κ3) is 2.04. The summed E-state index contributed by atoms with van der Waals surface area (Å²) in [5, 5.41) is 17.5. The molecule has 0 aliphatic rings. The van der Waals surface area contributed by atoms with E-state index in [0.29, 0.717) is 0 Å². The van der Waals surface area contributed by atoms with Gasteiger partial charge in [0, 0.05) is 5.56 Å². The lowest BCUT2D eigenvalue weighted by Gasteiger charge is -2.04. The van der Waals surface area contributed by atoms with Gasteiger partial charge in [-0.25, -0.2) is 14.2 Å². The van der Waals surface area contributed by atoms with Gasteiger partial charge >= 0.3 is 5.97 Å². The summed E-state index contributed by atoms with van der Waals surface area (Å²) in [6, 6.07) is 10.3. The smallest absolute Gasteiger partial charge is 0.354 e. The van der Waals surface area contributed by atoms with Gasteiger partial charge < -0.3 is 5.11 Å². The van der Waals surface area contributed by atoms with Crippen LogP contribution in [0.15, 0.2) is 36.4 Å². The lowest BCUT2D eigenvalue weighted by Crippen LogP contribution is -2.01. The van der Waals surface area contributed by atoms with E-state index in [0.717, 1.165) is 0 Å². The number of nitriles is 1. The lowest BCUT2D eigenvalue weighted by molar-refractivity contribution is 0.0690. The molecule has 2 rings (SSSR count). The number of carboxylic acid groups (broad SMARTS) is 1. The minimum absolute atomic E-state index is 0.102. The third-order valence-corrected chi connectivity index (χ3v) is 2.36. The van der Waals surface area contributed by atoms with Gasteiger partial charge in [0.1, 0.15) is 17.6 Å². The first-order chi connectivity index (χ1) is 8.63. The Kier molecular flexibility index (Phi) is 3.02. The van der Waals surface area contributed by atoms with Crippen LogP contribution in [0.1, 0.15) is 16.1 Å². The van der Waals surface area contributed by atoms with Gasteiger partial charge in [0.15, 0.2) is 0 Å². The number of aromatic nitrogens is 1. The number of hydrogen-bond acceptors (Lipinski definition) is 3. The van der Waals surface area contributed by atoms with Crippen molar-refractivity contribution in [2.75, 3.05) is 0 Å². The number of benzene rings is 1. The first-order valence-electron chi connectivity index (χ1n) is 5.03. The van der Waals surface area contributed by atoms with E-state index in [9.17, 15) is 9.18 Å². The number of carboxylic acids is 1. The summed E-state index contributed by atoms with van der Waals surface area (Å²) in [4.78, 5) is 14.6. The van der Waals surface area contributed by atoms with Gasteiger partial charge in [-0.1, -0.05) is 12.1 Å². The molecule has 0 saturated heterocycles. The molecule has 5 heteroatoms. The predicted molar refractivity (Wildman–Crippen MR) is 61.3 cm³/mol. The highest BCUT2D eigenvalue weighted by Crippen LogP contribution is 2.23. The Balaban J connectivity index is 2.59. The van der Waals surface area contributed by atoms with Crippen molar-refractivity contribution in [2.24, 2.45) is 0 Å². The van der Waals surface area contributed by atoms with Crippen LogP contribution in [0.4, 0.5) is 4.39 Å². The highest BCUT2D eigenvalue weighted by atomic mass is 19.1. The summed E-state index contributed by atoms with van der Waals surface area (Å²) in [6.45, 7) is 0. The van der Waals surface area contributed by atoms with Crippen LogP contribution in [-0.4, -0.2) is 16.1 Å². The van der Waals surface area contributed by atoms with Crippen LogP contribution in [0.2, 0.25) is 0 Å². The Bertz CT molecular complexity index is 662. The predicted octanol–water partition coefficient (Wildman–Crippen LogP) is 2.46. The van der Waals surface area contributed by atoms with Gasteiger partial charge in [-0.15, -0.1) is 0 Å². The third-order valence-electron chi connectivity index (χ3n) is 2.36. The summed E-state index contributed by atoms with van der Waals surface area (Å²) in [5.41, 5.74) is 0.0194. The fourth-order valence-electron chi connectivity index (χ4n) is 1.52. The zero-order chi connectivity index (χ0) is 13.1. The van der Waals surface area contributed by atoms with Gasteiger partial charge in [-0.05, 0) is 24.3 Å². The molecule has 1 N–H and O–H groups in total. The number of pyridine rings is 1. The summed E-state index contributed by atoms with van der Waals surface area (Å²) < 4.78 is 13.9. The van der Waals surface area contributed by atoms with E-state index in [1.807, 2.05) is 0 Å². The minimum Gasteiger partial charge on any atom is -0.477 e. The second kappa shape index (κ2) is 4.63. The van der Waals surface area contributed by atoms with Crippen molar-refractivity contribution in [3.63, 3.8) is 0 Å². The van der Waals surface area contributed by atoms with Gasteiger partial charge in [-0.3, -0.25) is 0 Å². The maximum Gasteiger partial charge on any atom is 0.354 e. The first-order valence-corrected chi connectivity index (χ1v) is 5.03. The summed E-state index contributed by atoms with van der Waals surface area (Å²) >= 11 is 0. The van der Waals surface area contributed by atoms with E-state index in [1.165, 1.54) is 36.4 Å². The average Bonchev–Trinajstić information content (AvgIpc) is 2.39. The molecule has 0 unspecified atom stereocenters. The minimum atomic E-state index is -1.19. The molecule has 0 aliphatic heterocycles. The molecule has 0 aliphatic carbocycles. The van der Waals surface area contributed by atoms with E-state index >= 15 is 0 Å². The molecule has 1 aromatic heterocycles. The highest BCUT2D eigenvalue weighted by Gasteiger charge is 2.12. The molecule has 0 saturated carbocycles. The normalized spacial score (nSPS) is 9.78. The van der Waals surface area contributed by atoms with Gasteiger partial charge in [0.05, 0.1) is 11.3 Å². The zero-order valence-electron chi connectivity index (χ0n) is 9.09. The largest absolute Gasteiger partial charge is 0.477 e. The van der Waals surface area contributed by atoms with Crippen molar-refractivity contribution in [3.05, 3.63) is 53.5 Å². The SMILES string of the molecule is N#Cc1cccc(-c2cccc(C(=O)O)n2)c1F. The number of nitrogens with zero attached hydrogens (tertiary/aromatic N) is 2. The van der Waals surface area contributed by atoms with Crippen LogP contribution in [0, 0.1) is 17.1 Å². The van der Waals surface area contributed by atoms with Gasteiger partial charge in [0.2, 0.25) is 0 Å². The van der Waals surface area contributed by atoms with Crippen molar-refractivity contribution in [2.45, 2.75) is 0 Å². The van der Waals surface area contributed by atoms with Crippen LogP contribution in [0.25, 0.3) is 11.3 Å². The van der Waals surface area contributed by atoms with Gasteiger partial charge in [0.25, 0.3) is 0 Å². The number of halogens is 1.